The minimum Gasteiger partial charge on any atom is -0.494 e. The number of hydrazone groups is 1. The highest BCUT2D eigenvalue weighted by Gasteiger charge is 2.16. The topological polar surface area (TPSA) is 115 Å². The number of halogens is 2. The molecule has 0 aromatic heterocycles. The average molecular weight is 558 g/mol. The third-order valence-electron chi connectivity index (χ3n) is 5.01. The first-order valence-corrected chi connectivity index (χ1v) is 12.3. The minimum atomic E-state index is -1.02. The van der Waals surface area contributed by atoms with E-state index >= 15 is 0 Å². The smallest absolute Gasteiger partial charge is 0.343 e. The molecule has 0 radical (unpaired) electrons. The largest absolute Gasteiger partial charge is 0.494 e. The Labute approximate surface area is 229 Å². The minimum absolute atomic E-state index is 0.189. The Balaban J connectivity index is 1.57. The van der Waals surface area contributed by atoms with Gasteiger partial charge in [0.25, 0.3) is 0 Å². The first-order valence-electron chi connectivity index (χ1n) is 11.5. The molecule has 0 aliphatic heterocycles. The van der Waals surface area contributed by atoms with Gasteiger partial charge < -0.3 is 19.5 Å². The number of nitrogens with one attached hydrogen (secondary N) is 2. The van der Waals surface area contributed by atoms with Crippen molar-refractivity contribution < 1.29 is 28.6 Å². The molecule has 0 aliphatic carbocycles. The summed E-state index contributed by atoms with van der Waals surface area (Å²) in [6.07, 6.45) is 3.28. The average Bonchev–Trinajstić information content (AvgIpc) is 2.91. The molecule has 0 atom stereocenters. The molecule has 11 heteroatoms. The van der Waals surface area contributed by atoms with Crippen molar-refractivity contribution in [2.45, 2.75) is 19.8 Å². The third kappa shape index (κ3) is 8.22. The third-order valence-corrected chi connectivity index (χ3v) is 5.57. The van der Waals surface area contributed by atoms with Crippen LogP contribution in [-0.4, -0.2) is 37.7 Å². The summed E-state index contributed by atoms with van der Waals surface area (Å²) in [5, 5.41) is 6.69. The Morgan fingerprint density at radius 1 is 0.947 bits per heavy atom. The summed E-state index contributed by atoms with van der Waals surface area (Å²) in [6, 6.07) is 15.8. The van der Waals surface area contributed by atoms with Crippen LogP contribution in [-0.2, 0) is 9.59 Å². The summed E-state index contributed by atoms with van der Waals surface area (Å²) in [5.74, 6) is -1.43. The van der Waals surface area contributed by atoms with Crippen LogP contribution < -0.4 is 25.0 Å². The number of rotatable bonds is 10. The Morgan fingerprint density at radius 3 is 2.42 bits per heavy atom. The number of ether oxygens (including phenoxy) is 3. The normalized spacial score (nSPS) is 10.6. The molecule has 0 bridgehead atoms. The molecule has 0 aliphatic rings. The number of unbranched alkanes of at least 4 members (excludes halogenated alkanes) is 1. The van der Waals surface area contributed by atoms with E-state index in [-0.39, 0.29) is 22.2 Å². The molecule has 0 spiro atoms. The number of anilines is 1. The van der Waals surface area contributed by atoms with Gasteiger partial charge in [0, 0.05) is 5.02 Å². The molecule has 3 aromatic rings. The van der Waals surface area contributed by atoms with Crippen LogP contribution in [0.3, 0.4) is 0 Å². The maximum atomic E-state index is 12.6. The predicted molar refractivity (Wildman–Crippen MR) is 146 cm³/mol. The van der Waals surface area contributed by atoms with Crippen molar-refractivity contribution in [2.75, 3.05) is 19.0 Å². The summed E-state index contributed by atoms with van der Waals surface area (Å²) in [4.78, 5) is 36.7. The van der Waals surface area contributed by atoms with Gasteiger partial charge in [0.2, 0.25) is 0 Å². The fourth-order valence-corrected chi connectivity index (χ4v) is 3.35. The van der Waals surface area contributed by atoms with Crippen LogP contribution in [0.5, 0.6) is 17.2 Å². The predicted octanol–water partition coefficient (Wildman–Crippen LogP) is 5.49. The van der Waals surface area contributed by atoms with E-state index in [1.807, 2.05) is 0 Å². The van der Waals surface area contributed by atoms with Gasteiger partial charge in [0.15, 0.2) is 11.5 Å². The number of carbonyl (C=O) groups is 3. The molecule has 0 unspecified atom stereocenters. The van der Waals surface area contributed by atoms with Crippen LogP contribution in [0.4, 0.5) is 5.69 Å². The number of nitrogens with zero attached hydrogens (tertiary/aromatic N) is 1. The van der Waals surface area contributed by atoms with Crippen molar-refractivity contribution in [1.29, 1.82) is 0 Å². The SMILES string of the molecule is CCCCOc1ccc(C(=O)Oc2ccc(/C=N\NC(=O)C(=O)Nc3cc(Cl)ccc3Cl)cc2OC)cc1. The highest BCUT2D eigenvalue weighted by molar-refractivity contribution is 6.42. The van der Waals surface area contributed by atoms with Crippen LogP contribution in [0, 0.1) is 0 Å². The molecule has 0 fully saturated rings. The van der Waals surface area contributed by atoms with E-state index in [1.54, 1.807) is 42.5 Å². The van der Waals surface area contributed by atoms with Crippen molar-refractivity contribution in [2.24, 2.45) is 5.10 Å². The maximum Gasteiger partial charge on any atom is 0.343 e. The highest BCUT2D eigenvalue weighted by Crippen LogP contribution is 2.29. The van der Waals surface area contributed by atoms with Gasteiger partial charge in [0.1, 0.15) is 5.75 Å². The number of amides is 2. The van der Waals surface area contributed by atoms with Crippen LogP contribution in [0.2, 0.25) is 10.0 Å². The molecule has 3 rings (SSSR count). The fraction of sp³-hybridized carbons (Fsp3) is 0.185. The van der Waals surface area contributed by atoms with Crippen LogP contribution in [0.1, 0.15) is 35.7 Å². The van der Waals surface area contributed by atoms with E-state index in [0.29, 0.717) is 28.5 Å². The number of carbonyl (C=O) groups excluding carboxylic acids is 3. The number of hydrogen-bond donors (Lipinski definition) is 2. The monoisotopic (exact) mass is 557 g/mol. The van der Waals surface area contributed by atoms with Gasteiger partial charge in [-0.05, 0) is 72.6 Å². The molecule has 38 heavy (non-hydrogen) atoms. The van der Waals surface area contributed by atoms with Crippen LogP contribution >= 0.6 is 23.2 Å². The van der Waals surface area contributed by atoms with E-state index in [1.165, 1.54) is 31.5 Å². The lowest BCUT2D eigenvalue weighted by molar-refractivity contribution is -0.136. The van der Waals surface area contributed by atoms with Crippen molar-refractivity contribution in [3.8, 4) is 17.2 Å². The summed E-state index contributed by atoms with van der Waals surface area (Å²) >= 11 is 11.9. The number of benzene rings is 3. The lowest BCUT2D eigenvalue weighted by Gasteiger charge is -2.10. The van der Waals surface area contributed by atoms with Gasteiger partial charge in [-0.25, -0.2) is 10.2 Å². The van der Waals surface area contributed by atoms with Gasteiger partial charge >= 0.3 is 17.8 Å². The quantitative estimate of drug-likeness (QED) is 0.0850. The van der Waals surface area contributed by atoms with Gasteiger partial charge in [-0.15, -0.1) is 0 Å². The van der Waals surface area contributed by atoms with Crippen LogP contribution in [0.25, 0.3) is 0 Å². The summed E-state index contributed by atoms with van der Waals surface area (Å²) in [6.45, 7) is 2.69. The first-order chi connectivity index (χ1) is 18.3. The Hall–Kier alpha value is -4.08. The number of methoxy groups -OCH3 is 1. The number of esters is 1. The second-order valence-electron chi connectivity index (χ2n) is 7.80. The van der Waals surface area contributed by atoms with Gasteiger partial charge in [-0.2, -0.15) is 5.10 Å². The lowest BCUT2D eigenvalue weighted by Crippen LogP contribution is -2.32. The van der Waals surface area contributed by atoms with Crippen molar-refractivity contribution >= 4 is 52.9 Å². The molecular formula is C27H25Cl2N3O6. The van der Waals surface area contributed by atoms with E-state index in [4.69, 9.17) is 37.4 Å². The van der Waals surface area contributed by atoms with E-state index in [0.717, 1.165) is 12.8 Å². The Kier molecular flexibility index (Phi) is 10.5. The van der Waals surface area contributed by atoms with Crippen LogP contribution in [0.15, 0.2) is 65.8 Å². The van der Waals surface area contributed by atoms with E-state index < -0.39 is 17.8 Å². The van der Waals surface area contributed by atoms with Crippen molar-refractivity contribution in [1.82, 2.24) is 5.43 Å². The molecule has 9 nitrogen and oxygen atoms in total. The Morgan fingerprint density at radius 2 is 1.71 bits per heavy atom. The molecule has 0 saturated carbocycles. The standard InChI is InChI=1S/C27H25Cl2N3O6/c1-3-4-13-37-20-9-6-18(7-10-20)27(35)38-23-12-5-17(14-24(23)36-2)16-30-32-26(34)25(33)31-22-15-19(28)8-11-21(22)29/h5-12,14-16H,3-4,13H2,1-2H3,(H,31,33)(H,32,34)/b30-16-. The highest BCUT2D eigenvalue weighted by atomic mass is 35.5. The second-order valence-corrected chi connectivity index (χ2v) is 8.65. The summed E-state index contributed by atoms with van der Waals surface area (Å²) in [7, 11) is 1.42. The van der Waals surface area contributed by atoms with Gasteiger partial charge in [0.05, 0.1) is 36.2 Å². The summed E-state index contributed by atoms with van der Waals surface area (Å²) < 4.78 is 16.4. The molecule has 0 saturated heterocycles. The van der Waals surface area contributed by atoms with Crippen molar-refractivity contribution in [3.05, 3.63) is 81.8 Å². The first kappa shape index (κ1) is 28.5. The van der Waals surface area contributed by atoms with Crippen molar-refractivity contribution in [3.63, 3.8) is 0 Å². The molecule has 2 N–H and O–H groups in total. The zero-order valence-electron chi connectivity index (χ0n) is 20.6. The van der Waals surface area contributed by atoms with Gasteiger partial charge in [-0.3, -0.25) is 9.59 Å². The molecular weight excluding hydrogens is 533 g/mol. The molecule has 198 valence electrons. The zero-order chi connectivity index (χ0) is 27.5. The fourth-order valence-electron chi connectivity index (χ4n) is 3.02. The Bertz CT molecular complexity index is 1330. The maximum absolute atomic E-state index is 12.6. The van der Waals surface area contributed by atoms with Gasteiger partial charge in [-0.1, -0.05) is 36.5 Å². The molecule has 0 heterocycles. The molecule has 3 aromatic carbocycles. The van der Waals surface area contributed by atoms with E-state index in [2.05, 4.69) is 22.8 Å². The lowest BCUT2D eigenvalue weighted by atomic mass is 10.2. The zero-order valence-corrected chi connectivity index (χ0v) is 22.1. The molecule has 2 amide bonds. The second kappa shape index (κ2) is 14.0. The number of hydrogen-bond acceptors (Lipinski definition) is 7. The summed E-state index contributed by atoms with van der Waals surface area (Å²) in [5.41, 5.74) is 3.16. The van der Waals surface area contributed by atoms with E-state index in [9.17, 15) is 14.4 Å².